The molecule has 1 unspecified atom stereocenters. The van der Waals surface area contributed by atoms with Crippen LogP contribution in [-0.2, 0) is 13.0 Å². The number of hydrogen-bond acceptors (Lipinski definition) is 3. The molecule has 2 nitrogen and oxygen atoms in total. The molecule has 0 spiro atoms. The molecule has 4 heteroatoms. The first kappa shape index (κ1) is 13.0. The van der Waals surface area contributed by atoms with E-state index < -0.39 is 0 Å². The minimum Gasteiger partial charge on any atom is -0.488 e. The van der Waals surface area contributed by atoms with Gasteiger partial charge in [0.15, 0.2) is 0 Å². The van der Waals surface area contributed by atoms with E-state index in [1.807, 2.05) is 29.5 Å². The number of benzene rings is 1. The molecule has 1 aliphatic heterocycles. The Morgan fingerprint density at radius 1 is 1.37 bits per heavy atom. The number of hydrogen-bond donors (Lipinski definition) is 1. The van der Waals surface area contributed by atoms with E-state index in [4.69, 9.17) is 16.3 Å². The standard InChI is InChI=1S/C15H16ClNOS/c1-10-2-4-14(19-10)9-17-8-13-7-11-6-12(16)3-5-15(11)18-13/h2-6,13,17H,7-9H2,1H3. The molecular formula is C15H16ClNOS. The second kappa shape index (κ2) is 5.53. The van der Waals surface area contributed by atoms with Crippen molar-refractivity contribution in [3.8, 4) is 5.75 Å². The molecule has 1 N–H and O–H groups in total. The Hall–Kier alpha value is -1.03. The van der Waals surface area contributed by atoms with Crippen LogP contribution in [0.1, 0.15) is 15.3 Å². The highest BCUT2D eigenvalue weighted by Gasteiger charge is 2.22. The molecule has 19 heavy (non-hydrogen) atoms. The second-order valence-corrected chi connectivity index (χ2v) is 6.65. The van der Waals surface area contributed by atoms with Gasteiger partial charge in [0, 0.05) is 34.3 Å². The number of halogens is 1. The predicted octanol–water partition coefficient (Wildman–Crippen LogP) is 3.80. The van der Waals surface area contributed by atoms with Crippen LogP contribution in [0.15, 0.2) is 30.3 Å². The lowest BCUT2D eigenvalue weighted by molar-refractivity contribution is 0.227. The summed E-state index contributed by atoms with van der Waals surface area (Å²) in [5.41, 5.74) is 1.21. The topological polar surface area (TPSA) is 21.3 Å². The molecule has 1 aromatic heterocycles. The fourth-order valence-electron chi connectivity index (χ4n) is 2.34. The van der Waals surface area contributed by atoms with E-state index in [9.17, 15) is 0 Å². The highest BCUT2D eigenvalue weighted by Crippen LogP contribution is 2.30. The Bertz CT molecular complexity index is 581. The Labute approximate surface area is 122 Å². The van der Waals surface area contributed by atoms with Gasteiger partial charge in [0.05, 0.1) is 0 Å². The predicted molar refractivity (Wildman–Crippen MR) is 80.3 cm³/mol. The molecule has 1 atom stereocenters. The van der Waals surface area contributed by atoms with Gasteiger partial charge in [0.25, 0.3) is 0 Å². The Kier molecular flexibility index (Phi) is 3.78. The molecule has 0 aliphatic carbocycles. The molecule has 0 saturated heterocycles. The maximum atomic E-state index is 5.99. The first-order valence-electron chi connectivity index (χ1n) is 6.42. The van der Waals surface area contributed by atoms with Gasteiger partial charge in [0.2, 0.25) is 0 Å². The summed E-state index contributed by atoms with van der Waals surface area (Å²) in [7, 11) is 0. The van der Waals surface area contributed by atoms with Gasteiger partial charge >= 0.3 is 0 Å². The van der Waals surface area contributed by atoms with Crippen LogP contribution in [0, 0.1) is 6.92 Å². The average Bonchev–Trinajstić information content (AvgIpc) is 2.95. The van der Waals surface area contributed by atoms with Gasteiger partial charge < -0.3 is 10.1 Å². The van der Waals surface area contributed by atoms with Gasteiger partial charge in [-0.1, -0.05) is 11.6 Å². The van der Waals surface area contributed by atoms with Crippen molar-refractivity contribution in [2.75, 3.05) is 6.54 Å². The largest absolute Gasteiger partial charge is 0.488 e. The lowest BCUT2D eigenvalue weighted by Gasteiger charge is -2.11. The van der Waals surface area contributed by atoms with Crippen molar-refractivity contribution in [3.05, 3.63) is 50.7 Å². The minimum absolute atomic E-state index is 0.217. The Balaban J connectivity index is 1.51. The smallest absolute Gasteiger partial charge is 0.123 e. The van der Waals surface area contributed by atoms with Crippen LogP contribution >= 0.6 is 22.9 Å². The fourth-order valence-corrected chi connectivity index (χ4v) is 3.39. The zero-order valence-electron chi connectivity index (χ0n) is 10.8. The minimum atomic E-state index is 0.217. The third-order valence-corrected chi connectivity index (χ3v) is 4.47. The molecule has 100 valence electrons. The van der Waals surface area contributed by atoms with Crippen molar-refractivity contribution in [1.29, 1.82) is 0 Å². The molecular weight excluding hydrogens is 278 g/mol. The highest BCUT2D eigenvalue weighted by molar-refractivity contribution is 7.11. The van der Waals surface area contributed by atoms with Crippen molar-refractivity contribution in [1.82, 2.24) is 5.32 Å². The average molecular weight is 294 g/mol. The summed E-state index contributed by atoms with van der Waals surface area (Å²) in [6.45, 7) is 3.91. The summed E-state index contributed by atoms with van der Waals surface area (Å²) in [4.78, 5) is 2.73. The summed E-state index contributed by atoms with van der Waals surface area (Å²) in [5, 5.41) is 4.24. The summed E-state index contributed by atoms with van der Waals surface area (Å²) in [6, 6.07) is 10.2. The van der Waals surface area contributed by atoms with E-state index in [1.54, 1.807) is 0 Å². The van der Waals surface area contributed by atoms with Gasteiger partial charge in [-0.3, -0.25) is 0 Å². The van der Waals surface area contributed by atoms with Gasteiger partial charge in [-0.05, 0) is 42.8 Å². The van der Waals surface area contributed by atoms with Crippen molar-refractivity contribution < 1.29 is 4.74 Å². The monoisotopic (exact) mass is 293 g/mol. The molecule has 2 aromatic rings. The molecule has 0 fully saturated rings. The summed E-state index contributed by atoms with van der Waals surface area (Å²) < 4.78 is 5.89. The molecule has 1 aromatic carbocycles. The van der Waals surface area contributed by atoms with E-state index in [1.165, 1.54) is 15.3 Å². The van der Waals surface area contributed by atoms with Crippen LogP contribution < -0.4 is 10.1 Å². The zero-order chi connectivity index (χ0) is 13.2. The Morgan fingerprint density at radius 2 is 2.26 bits per heavy atom. The van der Waals surface area contributed by atoms with Crippen molar-refractivity contribution in [3.63, 3.8) is 0 Å². The van der Waals surface area contributed by atoms with Crippen molar-refractivity contribution >= 4 is 22.9 Å². The Morgan fingerprint density at radius 3 is 3.05 bits per heavy atom. The van der Waals surface area contributed by atoms with Gasteiger partial charge in [-0.25, -0.2) is 0 Å². The number of ether oxygens (including phenoxy) is 1. The molecule has 0 bridgehead atoms. The van der Waals surface area contributed by atoms with Crippen LogP contribution in [0.25, 0.3) is 0 Å². The molecule has 0 saturated carbocycles. The number of fused-ring (bicyclic) bond motifs is 1. The number of aryl methyl sites for hydroxylation is 1. The van der Waals surface area contributed by atoms with Crippen LogP contribution in [0.5, 0.6) is 5.75 Å². The molecule has 2 heterocycles. The lowest BCUT2D eigenvalue weighted by atomic mass is 10.1. The quantitative estimate of drug-likeness (QED) is 0.926. The highest BCUT2D eigenvalue weighted by atomic mass is 35.5. The molecule has 0 radical (unpaired) electrons. The van der Waals surface area contributed by atoms with Crippen LogP contribution in [0.3, 0.4) is 0 Å². The SMILES string of the molecule is Cc1ccc(CNCC2Cc3cc(Cl)ccc3O2)s1. The number of thiophene rings is 1. The van der Waals surface area contributed by atoms with Gasteiger partial charge in [0.1, 0.15) is 11.9 Å². The van der Waals surface area contributed by atoms with Crippen LogP contribution in [0.4, 0.5) is 0 Å². The summed E-state index contributed by atoms with van der Waals surface area (Å²) in [5.74, 6) is 0.975. The summed E-state index contributed by atoms with van der Waals surface area (Å²) in [6.07, 6.45) is 1.15. The van der Waals surface area contributed by atoms with Crippen molar-refractivity contribution in [2.24, 2.45) is 0 Å². The summed E-state index contributed by atoms with van der Waals surface area (Å²) >= 11 is 7.83. The van der Waals surface area contributed by atoms with Crippen LogP contribution in [0.2, 0.25) is 5.02 Å². The van der Waals surface area contributed by atoms with E-state index in [2.05, 4.69) is 24.4 Å². The molecule has 3 rings (SSSR count). The van der Waals surface area contributed by atoms with E-state index >= 15 is 0 Å². The van der Waals surface area contributed by atoms with E-state index in [0.29, 0.717) is 0 Å². The fraction of sp³-hybridized carbons (Fsp3) is 0.333. The van der Waals surface area contributed by atoms with Gasteiger partial charge in [-0.15, -0.1) is 11.3 Å². The lowest BCUT2D eigenvalue weighted by Crippen LogP contribution is -2.29. The van der Waals surface area contributed by atoms with E-state index in [0.717, 1.165) is 30.3 Å². The number of nitrogens with one attached hydrogen (secondary N) is 1. The normalized spacial score (nSPS) is 17.3. The van der Waals surface area contributed by atoms with Crippen LogP contribution in [-0.4, -0.2) is 12.6 Å². The second-order valence-electron chi connectivity index (χ2n) is 4.84. The molecule has 0 amide bonds. The third-order valence-electron chi connectivity index (χ3n) is 3.23. The van der Waals surface area contributed by atoms with Gasteiger partial charge in [-0.2, -0.15) is 0 Å². The first-order chi connectivity index (χ1) is 9.20. The van der Waals surface area contributed by atoms with Crippen molar-refractivity contribution in [2.45, 2.75) is 26.0 Å². The maximum Gasteiger partial charge on any atom is 0.123 e. The number of rotatable bonds is 4. The van der Waals surface area contributed by atoms with E-state index in [-0.39, 0.29) is 6.10 Å². The zero-order valence-corrected chi connectivity index (χ0v) is 12.4. The third kappa shape index (κ3) is 3.11. The first-order valence-corrected chi connectivity index (χ1v) is 7.61. The molecule has 1 aliphatic rings. The maximum absolute atomic E-state index is 5.99.